The van der Waals surface area contributed by atoms with E-state index in [1.165, 1.54) is 0 Å². The number of hydrogen-bond donors (Lipinski definition) is 4. The minimum absolute atomic E-state index is 0.186. The van der Waals surface area contributed by atoms with E-state index in [1.807, 2.05) is 0 Å². The van der Waals surface area contributed by atoms with E-state index in [4.69, 9.17) is 10.8 Å². The summed E-state index contributed by atoms with van der Waals surface area (Å²) in [5.74, 6) is -1.49. The van der Waals surface area contributed by atoms with Gasteiger partial charge in [0.2, 0.25) is 5.91 Å². The van der Waals surface area contributed by atoms with Crippen LogP contribution in [0.3, 0.4) is 0 Å². The number of nitrogens with two attached hydrogens (primary N) is 1. The molecule has 0 aromatic rings. The number of hydrogen-bond acceptors (Lipinski definition) is 3. The number of amides is 3. The number of carboxylic acid groups (broad SMARTS) is 1. The summed E-state index contributed by atoms with van der Waals surface area (Å²) in [6.07, 6.45) is 1.22. The number of carbonyl (C=O) groups excluding carboxylic acids is 2. The Morgan fingerprint density at radius 3 is 2.17 bits per heavy atom. The lowest BCUT2D eigenvalue weighted by Crippen LogP contribution is -2.56. The molecule has 0 fully saturated rings. The third kappa shape index (κ3) is 5.03. The van der Waals surface area contributed by atoms with Crippen molar-refractivity contribution in [3.63, 3.8) is 0 Å². The molecule has 0 aliphatic heterocycles. The lowest BCUT2D eigenvalue weighted by atomic mass is 9.93. The van der Waals surface area contributed by atoms with Gasteiger partial charge in [0.1, 0.15) is 5.54 Å². The lowest BCUT2D eigenvalue weighted by Gasteiger charge is -2.28. The second-order valence-electron chi connectivity index (χ2n) is 4.05. The second kappa shape index (κ2) is 7.52. The van der Waals surface area contributed by atoms with Crippen LogP contribution in [0.1, 0.15) is 39.5 Å². The summed E-state index contributed by atoms with van der Waals surface area (Å²) in [7, 11) is 0. The minimum Gasteiger partial charge on any atom is -0.480 e. The molecule has 0 radical (unpaired) electrons. The number of urea groups is 1. The Kier molecular flexibility index (Phi) is 6.77. The number of primary amides is 1. The van der Waals surface area contributed by atoms with Crippen LogP contribution >= 0.6 is 0 Å². The zero-order valence-corrected chi connectivity index (χ0v) is 10.8. The van der Waals surface area contributed by atoms with Crippen LogP contribution in [0.2, 0.25) is 0 Å². The molecule has 0 atom stereocenters. The predicted octanol–water partition coefficient (Wildman–Crippen LogP) is 0.195. The molecule has 0 saturated carbocycles. The van der Waals surface area contributed by atoms with E-state index in [0.717, 1.165) is 0 Å². The maximum atomic E-state index is 11.5. The van der Waals surface area contributed by atoms with Crippen molar-refractivity contribution >= 4 is 17.9 Å². The summed E-state index contributed by atoms with van der Waals surface area (Å²) >= 11 is 0. The maximum Gasteiger partial charge on any atom is 0.329 e. The summed E-state index contributed by atoms with van der Waals surface area (Å²) in [6, 6.07) is -0.550. The first-order chi connectivity index (χ1) is 8.38. The van der Waals surface area contributed by atoms with Gasteiger partial charge in [-0.1, -0.05) is 13.8 Å². The Morgan fingerprint density at radius 2 is 1.78 bits per heavy atom. The summed E-state index contributed by atoms with van der Waals surface area (Å²) in [5.41, 5.74) is 3.71. The van der Waals surface area contributed by atoms with E-state index in [0.29, 0.717) is 19.3 Å². The van der Waals surface area contributed by atoms with Crippen LogP contribution in [0.15, 0.2) is 0 Å². The van der Waals surface area contributed by atoms with Crippen LogP contribution in [-0.2, 0) is 9.59 Å². The van der Waals surface area contributed by atoms with Gasteiger partial charge in [0.05, 0.1) is 0 Å². The third-order valence-electron chi connectivity index (χ3n) is 2.85. The molecule has 0 aliphatic rings. The van der Waals surface area contributed by atoms with Crippen molar-refractivity contribution in [2.45, 2.75) is 45.1 Å². The molecule has 0 spiro atoms. The third-order valence-corrected chi connectivity index (χ3v) is 2.85. The summed E-state index contributed by atoms with van der Waals surface area (Å²) in [4.78, 5) is 33.1. The molecule has 7 nitrogen and oxygen atoms in total. The molecule has 18 heavy (non-hydrogen) atoms. The van der Waals surface area contributed by atoms with E-state index in [-0.39, 0.29) is 13.0 Å². The molecule has 0 heterocycles. The fourth-order valence-corrected chi connectivity index (χ4v) is 1.51. The standard InChI is InChI=1S/C11H21N3O4/c1-3-11(4-2,9(16)17)14-10(18)13-7-5-6-8(12)15/h3-7H2,1-2H3,(H2,12,15)(H,16,17)(H2,13,14,18). The predicted molar refractivity (Wildman–Crippen MR) is 65.9 cm³/mol. The topological polar surface area (TPSA) is 122 Å². The molecular formula is C11H21N3O4. The molecule has 0 unspecified atom stereocenters. The van der Waals surface area contributed by atoms with Crippen LogP contribution in [0.4, 0.5) is 4.79 Å². The van der Waals surface area contributed by atoms with Gasteiger partial charge in [0.25, 0.3) is 0 Å². The molecule has 0 bridgehead atoms. The summed E-state index contributed by atoms with van der Waals surface area (Å²) < 4.78 is 0. The van der Waals surface area contributed by atoms with Gasteiger partial charge in [-0.25, -0.2) is 9.59 Å². The van der Waals surface area contributed by atoms with Crippen molar-refractivity contribution in [2.24, 2.45) is 5.73 Å². The Morgan fingerprint density at radius 1 is 1.22 bits per heavy atom. The highest BCUT2D eigenvalue weighted by Crippen LogP contribution is 2.14. The Hall–Kier alpha value is -1.79. The first kappa shape index (κ1) is 16.2. The molecule has 0 aliphatic carbocycles. The first-order valence-electron chi connectivity index (χ1n) is 5.95. The van der Waals surface area contributed by atoms with Crippen LogP contribution in [0.5, 0.6) is 0 Å². The zero-order chi connectivity index (χ0) is 14.2. The van der Waals surface area contributed by atoms with Gasteiger partial charge in [-0.3, -0.25) is 4.79 Å². The smallest absolute Gasteiger partial charge is 0.329 e. The Bertz CT molecular complexity index is 313. The highest BCUT2D eigenvalue weighted by molar-refractivity contribution is 5.86. The number of carboxylic acids is 1. The maximum absolute atomic E-state index is 11.5. The van der Waals surface area contributed by atoms with E-state index in [2.05, 4.69) is 10.6 Å². The van der Waals surface area contributed by atoms with Crippen molar-refractivity contribution in [3.05, 3.63) is 0 Å². The fraction of sp³-hybridized carbons (Fsp3) is 0.727. The Labute approximate surface area is 106 Å². The highest BCUT2D eigenvalue weighted by Gasteiger charge is 2.36. The largest absolute Gasteiger partial charge is 0.480 e. The number of rotatable bonds is 8. The second-order valence-corrected chi connectivity index (χ2v) is 4.05. The van der Waals surface area contributed by atoms with Gasteiger partial charge in [-0.2, -0.15) is 0 Å². The average Bonchev–Trinajstić information content (AvgIpc) is 2.31. The van der Waals surface area contributed by atoms with Gasteiger partial charge >= 0.3 is 12.0 Å². The van der Waals surface area contributed by atoms with E-state index in [1.54, 1.807) is 13.8 Å². The van der Waals surface area contributed by atoms with Crippen LogP contribution in [0, 0.1) is 0 Å². The average molecular weight is 259 g/mol. The van der Waals surface area contributed by atoms with E-state index >= 15 is 0 Å². The number of nitrogens with one attached hydrogen (secondary N) is 2. The van der Waals surface area contributed by atoms with Crippen molar-refractivity contribution in [1.82, 2.24) is 10.6 Å². The van der Waals surface area contributed by atoms with Crippen LogP contribution < -0.4 is 16.4 Å². The van der Waals surface area contributed by atoms with Crippen LogP contribution in [0.25, 0.3) is 0 Å². The monoisotopic (exact) mass is 259 g/mol. The quantitative estimate of drug-likeness (QED) is 0.465. The molecule has 0 saturated heterocycles. The number of aliphatic carboxylic acids is 1. The van der Waals surface area contributed by atoms with Crippen molar-refractivity contribution in [1.29, 1.82) is 0 Å². The fourth-order valence-electron chi connectivity index (χ4n) is 1.51. The molecule has 0 aromatic heterocycles. The summed E-state index contributed by atoms with van der Waals surface area (Å²) in [6.45, 7) is 3.67. The van der Waals surface area contributed by atoms with E-state index < -0.39 is 23.4 Å². The van der Waals surface area contributed by atoms with Crippen molar-refractivity contribution < 1.29 is 19.5 Å². The minimum atomic E-state index is -1.24. The number of carbonyl (C=O) groups is 3. The highest BCUT2D eigenvalue weighted by atomic mass is 16.4. The lowest BCUT2D eigenvalue weighted by molar-refractivity contribution is -0.144. The van der Waals surface area contributed by atoms with Gasteiger partial charge in [-0.05, 0) is 19.3 Å². The molecule has 5 N–H and O–H groups in total. The molecule has 3 amide bonds. The van der Waals surface area contributed by atoms with Crippen molar-refractivity contribution in [2.75, 3.05) is 6.54 Å². The van der Waals surface area contributed by atoms with Gasteiger partial charge in [0.15, 0.2) is 0 Å². The van der Waals surface area contributed by atoms with Gasteiger partial charge < -0.3 is 21.5 Å². The SMILES string of the molecule is CCC(CC)(NC(=O)NCCCC(N)=O)C(=O)O. The molecule has 0 aromatic carbocycles. The van der Waals surface area contributed by atoms with Crippen LogP contribution in [-0.4, -0.2) is 35.1 Å². The molecule has 0 rings (SSSR count). The molecular weight excluding hydrogens is 238 g/mol. The molecule has 104 valence electrons. The van der Waals surface area contributed by atoms with Gasteiger partial charge in [-0.15, -0.1) is 0 Å². The normalized spacial score (nSPS) is 10.8. The first-order valence-corrected chi connectivity index (χ1v) is 5.95. The van der Waals surface area contributed by atoms with E-state index in [9.17, 15) is 14.4 Å². The molecule has 7 heteroatoms. The summed E-state index contributed by atoms with van der Waals surface area (Å²) in [5, 5.41) is 14.1. The van der Waals surface area contributed by atoms with Gasteiger partial charge in [0, 0.05) is 13.0 Å². The zero-order valence-electron chi connectivity index (χ0n) is 10.8. The van der Waals surface area contributed by atoms with Crippen molar-refractivity contribution in [3.8, 4) is 0 Å². The Balaban J connectivity index is 4.19.